The molecule has 0 aromatic heterocycles. The summed E-state index contributed by atoms with van der Waals surface area (Å²) in [5, 5.41) is 3.01. The van der Waals surface area contributed by atoms with Gasteiger partial charge in [0.2, 0.25) is 0 Å². The molecule has 0 radical (unpaired) electrons. The van der Waals surface area contributed by atoms with E-state index in [1.807, 2.05) is 30.3 Å². The van der Waals surface area contributed by atoms with Gasteiger partial charge < -0.3 is 10.1 Å². The molecule has 1 aliphatic heterocycles. The van der Waals surface area contributed by atoms with Gasteiger partial charge in [0.05, 0.1) is 0 Å². The molecule has 92 valence electrons. The number of hydrogen-bond donors (Lipinski definition) is 1. The lowest BCUT2D eigenvalue weighted by Gasteiger charge is -2.33. The molecule has 1 fully saturated rings. The zero-order valence-electron chi connectivity index (χ0n) is 10.2. The molecule has 1 saturated heterocycles. The highest BCUT2D eigenvalue weighted by atomic mass is 16.5. The molecule has 0 bridgehead atoms. The average Bonchev–Trinajstić information content (AvgIpc) is 2.38. The summed E-state index contributed by atoms with van der Waals surface area (Å²) in [7, 11) is 0. The lowest BCUT2D eigenvalue weighted by molar-refractivity contribution is 0.0238. The smallest absolute Gasteiger partial charge is 0.251 e. The Morgan fingerprint density at radius 2 is 1.94 bits per heavy atom. The van der Waals surface area contributed by atoms with Gasteiger partial charge in [-0.3, -0.25) is 4.79 Å². The van der Waals surface area contributed by atoms with Crippen LogP contribution in [0.1, 0.15) is 30.1 Å². The third kappa shape index (κ3) is 3.30. The first-order valence-electron chi connectivity index (χ1n) is 6.11. The molecule has 1 amide bonds. The maximum Gasteiger partial charge on any atom is 0.251 e. The molecule has 0 aliphatic carbocycles. The van der Waals surface area contributed by atoms with Crippen molar-refractivity contribution < 1.29 is 9.53 Å². The standard InChI is InChI=1S/C14H19NO2/c1-14(7-9-17-10-8-14)11-15-13(16)12-5-3-2-4-6-12/h2-6H,7-11H2,1H3,(H,15,16). The summed E-state index contributed by atoms with van der Waals surface area (Å²) in [6, 6.07) is 9.34. The minimum atomic E-state index is 0.0123. The van der Waals surface area contributed by atoms with E-state index in [1.54, 1.807) is 0 Å². The number of carbonyl (C=O) groups excluding carboxylic acids is 1. The minimum absolute atomic E-state index is 0.0123. The van der Waals surface area contributed by atoms with Gasteiger partial charge in [0, 0.05) is 25.3 Å². The van der Waals surface area contributed by atoms with Crippen LogP contribution in [0.2, 0.25) is 0 Å². The number of amides is 1. The molecular weight excluding hydrogens is 214 g/mol. The van der Waals surface area contributed by atoms with Crippen LogP contribution in [0.4, 0.5) is 0 Å². The fraction of sp³-hybridized carbons (Fsp3) is 0.500. The minimum Gasteiger partial charge on any atom is -0.381 e. The molecule has 3 nitrogen and oxygen atoms in total. The maximum absolute atomic E-state index is 11.9. The van der Waals surface area contributed by atoms with E-state index < -0.39 is 0 Å². The predicted octanol–water partition coefficient (Wildman–Crippen LogP) is 2.23. The lowest BCUT2D eigenvalue weighted by Crippen LogP contribution is -2.39. The van der Waals surface area contributed by atoms with Crippen LogP contribution >= 0.6 is 0 Å². The molecule has 1 aromatic carbocycles. The summed E-state index contributed by atoms with van der Waals surface area (Å²) < 4.78 is 5.34. The van der Waals surface area contributed by atoms with Crippen molar-refractivity contribution in [2.75, 3.05) is 19.8 Å². The highest BCUT2D eigenvalue weighted by molar-refractivity contribution is 5.94. The van der Waals surface area contributed by atoms with Crippen LogP contribution in [0, 0.1) is 5.41 Å². The van der Waals surface area contributed by atoms with Crippen molar-refractivity contribution in [2.24, 2.45) is 5.41 Å². The van der Waals surface area contributed by atoms with Crippen molar-refractivity contribution in [3.8, 4) is 0 Å². The molecule has 1 N–H and O–H groups in total. The summed E-state index contributed by atoms with van der Waals surface area (Å²) in [4.78, 5) is 11.9. The van der Waals surface area contributed by atoms with E-state index in [0.29, 0.717) is 0 Å². The largest absolute Gasteiger partial charge is 0.381 e. The summed E-state index contributed by atoms with van der Waals surface area (Å²) >= 11 is 0. The molecule has 1 aliphatic rings. The topological polar surface area (TPSA) is 38.3 Å². The highest BCUT2D eigenvalue weighted by Crippen LogP contribution is 2.28. The van der Waals surface area contributed by atoms with Gasteiger partial charge in [-0.25, -0.2) is 0 Å². The lowest BCUT2D eigenvalue weighted by atomic mass is 9.82. The molecule has 17 heavy (non-hydrogen) atoms. The Kier molecular flexibility index (Phi) is 3.79. The fourth-order valence-corrected chi connectivity index (χ4v) is 2.03. The number of hydrogen-bond acceptors (Lipinski definition) is 2. The predicted molar refractivity (Wildman–Crippen MR) is 66.9 cm³/mol. The van der Waals surface area contributed by atoms with Crippen LogP contribution in [0.15, 0.2) is 30.3 Å². The number of benzene rings is 1. The first-order valence-corrected chi connectivity index (χ1v) is 6.11. The molecule has 2 rings (SSSR count). The van der Waals surface area contributed by atoms with Crippen molar-refractivity contribution in [1.29, 1.82) is 0 Å². The van der Waals surface area contributed by atoms with E-state index in [9.17, 15) is 4.79 Å². The summed E-state index contributed by atoms with van der Waals surface area (Å²) in [6.45, 7) is 4.54. The van der Waals surface area contributed by atoms with E-state index >= 15 is 0 Å². The Morgan fingerprint density at radius 1 is 1.29 bits per heavy atom. The van der Waals surface area contributed by atoms with Gasteiger partial charge in [-0.15, -0.1) is 0 Å². The molecule has 0 saturated carbocycles. The van der Waals surface area contributed by atoms with Gasteiger partial charge >= 0.3 is 0 Å². The van der Waals surface area contributed by atoms with Crippen LogP contribution in [-0.2, 0) is 4.74 Å². The van der Waals surface area contributed by atoms with Gasteiger partial charge in [0.15, 0.2) is 0 Å². The van der Waals surface area contributed by atoms with E-state index in [1.165, 1.54) is 0 Å². The van der Waals surface area contributed by atoms with Gasteiger partial charge in [-0.1, -0.05) is 25.1 Å². The first-order chi connectivity index (χ1) is 8.20. The quantitative estimate of drug-likeness (QED) is 0.869. The SMILES string of the molecule is CC1(CNC(=O)c2ccccc2)CCOCC1. The van der Waals surface area contributed by atoms with Crippen molar-refractivity contribution in [3.05, 3.63) is 35.9 Å². The Balaban J connectivity index is 1.87. The number of rotatable bonds is 3. The van der Waals surface area contributed by atoms with Crippen LogP contribution in [-0.4, -0.2) is 25.7 Å². The van der Waals surface area contributed by atoms with E-state index in [4.69, 9.17) is 4.74 Å². The second kappa shape index (κ2) is 5.32. The van der Waals surface area contributed by atoms with Crippen LogP contribution in [0.5, 0.6) is 0 Å². The normalized spacial score (nSPS) is 18.6. The zero-order chi connectivity index (χ0) is 12.1. The van der Waals surface area contributed by atoms with Gasteiger partial charge in [-0.2, -0.15) is 0 Å². The Hall–Kier alpha value is -1.35. The van der Waals surface area contributed by atoms with Crippen LogP contribution in [0.25, 0.3) is 0 Å². The zero-order valence-corrected chi connectivity index (χ0v) is 10.2. The molecule has 0 unspecified atom stereocenters. The Bertz CT molecular complexity index is 369. The molecule has 0 atom stereocenters. The third-order valence-corrected chi connectivity index (χ3v) is 3.41. The van der Waals surface area contributed by atoms with E-state index in [-0.39, 0.29) is 11.3 Å². The molecule has 1 heterocycles. The second-order valence-electron chi connectivity index (χ2n) is 4.97. The third-order valence-electron chi connectivity index (χ3n) is 3.41. The number of ether oxygens (including phenoxy) is 1. The highest BCUT2D eigenvalue weighted by Gasteiger charge is 2.27. The van der Waals surface area contributed by atoms with Crippen molar-refractivity contribution in [1.82, 2.24) is 5.32 Å². The van der Waals surface area contributed by atoms with E-state index in [2.05, 4.69) is 12.2 Å². The number of nitrogens with one attached hydrogen (secondary N) is 1. The Morgan fingerprint density at radius 3 is 2.59 bits per heavy atom. The van der Waals surface area contributed by atoms with Crippen LogP contribution in [0.3, 0.4) is 0 Å². The van der Waals surface area contributed by atoms with E-state index in [0.717, 1.165) is 38.2 Å². The van der Waals surface area contributed by atoms with Crippen molar-refractivity contribution in [3.63, 3.8) is 0 Å². The number of carbonyl (C=O) groups is 1. The fourth-order valence-electron chi connectivity index (χ4n) is 2.03. The Labute approximate surface area is 102 Å². The average molecular weight is 233 g/mol. The molecule has 3 heteroatoms. The second-order valence-corrected chi connectivity index (χ2v) is 4.97. The summed E-state index contributed by atoms with van der Waals surface area (Å²) in [5.41, 5.74) is 0.908. The summed E-state index contributed by atoms with van der Waals surface area (Å²) in [5.74, 6) is 0.0123. The monoisotopic (exact) mass is 233 g/mol. The van der Waals surface area contributed by atoms with Crippen LogP contribution < -0.4 is 5.32 Å². The first kappa shape index (κ1) is 12.1. The van der Waals surface area contributed by atoms with Crippen molar-refractivity contribution >= 4 is 5.91 Å². The maximum atomic E-state index is 11.9. The van der Waals surface area contributed by atoms with Gasteiger partial charge in [-0.05, 0) is 30.4 Å². The van der Waals surface area contributed by atoms with Gasteiger partial charge in [0.1, 0.15) is 0 Å². The van der Waals surface area contributed by atoms with Crippen molar-refractivity contribution in [2.45, 2.75) is 19.8 Å². The molecule has 0 spiro atoms. The molecule has 1 aromatic rings. The molecular formula is C14H19NO2. The summed E-state index contributed by atoms with van der Waals surface area (Å²) in [6.07, 6.45) is 2.03. The van der Waals surface area contributed by atoms with Gasteiger partial charge in [0.25, 0.3) is 5.91 Å².